The Morgan fingerprint density at radius 1 is 1.03 bits per heavy atom. The number of hydrogen-bond acceptors (Lipinski definition) is 3. The number of aliphatic imine (C=N–C) groups is 1. The number of nitrogens with zero attached hydrogens (tertiary/aromatic N) is 2. The summed E-state index contributed by atoms with van der Waals surface area (Å²) in [7, 11) is 0. The van der Waals surface area contributed by atoms with E-state index < -0.39 is 0 Å². The molecule has 0 aromatic carbocycles. The number of rotatable bonds is 10. The number of guanidine groups is 1. The quantitative estimate of drug-likeness (QED) is 0.226. The van der Waals surface area contributed by atoms with E-state index in [9.17, 15) is 5.11 Å². The number of hydrogen-bond donors (Lipinski definition) is 3. The number of halogens is 1. The van der Waals surface area contributed by atoms with Crippen molar-refractivity contribution >= 4 is 29.9 Å². The molecule has 0 bridgehead atoms. The van der Waals surface area contributed by atoms with Gasteiger partial charge < -0.3 is 20.6 Å². The molecule has 2 rings (SSSR count). The Hall–Kier alpha value is -0.0800. The molecule has 0 spiro atoms. The lowest BCUT2D eigenvalue weighted by molar-refractivity contribution is 0.160. The Bertz CT molecular complexity index is 442. The van der Waals surface area contributed by atoms with Gasteiger partial charge in [0.05, 0.1) is 0 Å². The molecule has 29 heavy (non-hydrogen) atoms. The molecule has 1 aliphatic carbocycles. The van der Waals surface area contributed by atoms with E-state index in [0.717, 1.165) is 44.2 Å². The van der Waals surface area contributed by atoms with Gasteiger partial charge in [-0.3, -0.25) is 4.99 Å². The van der Waals surface area contributed by atoms with Crippen LogP contribution in [0.3, 0.4) is 0 Å². The standard InChI is InChI=1S/C23H46N4O.HI/c1-4-23(5-2,14-17-28)19-25-22(24-6-3)26-21-12-15-27(16-13-21)18-20-10-8-7-9-11-20;/h20-21,28H,4-19H2,1-3H3,(H2,24,25,26);1H. The second-order valence-electron chi connectivity index (χ2n) is 9.10. The Morgan fingerprint density at radius 3 is 2.24 bits per heavy atom. The lowest BCUT2D eigenvalue weighted by Crippen LogP contribution is -2.49. The van der Waals surface area contributed by atoms with E-state index in [4.69, 9.17) is 4.99 Å². The van der Waals surface area contributed by atoms with Crippen molar-refractivity contribution in [2.45, 2.75) is 91.0 Å². The van der Waals surface area contributed by atoms with Crippen LogP contribution >= 0.6 is 24.0 Å². The minimum atomic E-state index is 0. The summed E-state index contributed by atoms with van der Waals surface area (Å²) >= 11 is 0. The number of nitrogens with one attached hydrogen (secondary N) is 2. The highest BCUT2D eigenvalue weighted by atomic mass is 127. The molecule has 0 radical (unpaired) electrons. The first-order valence-electron chi connectivity index (χ1n) is 12.0. The second-order valence-corrected chi connectivity index (χ2v) is 9.10. The topological polar surface area (TPSA) is 59.9 Å². The van der Waals surface area contributed by atoms with Crippen molar-refractivity contribution in [3.8, 4) is 0 Å². The summed E-state index contributed by atoms with van der Waals surface area (Å²) in [5, 5.41) is 16.6. The van der Waals surface area contributed by atoms with Gasteiger partial charge in [0.15, 0.2) is 5.96 Å². The normalized spacial score (nSPS) is 20.3. The average molecular weight is 523 g/mol. The number of likely N-dealkylation sites (tertiary alicyclic amines) is 1. The molecule has 6 heteroatoms. The first-order valence-corrected chi connectivity index (χ1v) is 12.0. The zero-order valence-electron chi connectivity index (χ0n) is 19.2. The monoisotopic (exact) mass is 522 g/mol. The van der Waals surface area contributed by atoms with Crippen molar-refractivity contribution in [2.24, 2.45) is 16.3 Å². The van der Waals surface area contributed by atoms with Crippen LogP contribution in [0.15, 0.2) is 4.99 Å². The summed E-state index contributed by atoms with van der Waals surface area (Å²) in [6, 6.07) is 0.524. The third-order valence-corrected chi connectivity index (χ3v) is 7.23. The Balaban J connectivity index is 0.00000420. The van der Waals surface area contributed by atoms with E-state index in [1.54, 1.807) is 0 Å². The van der Waals surface area contributed by atoms with Gasteiger partial charge in [-0.25, -0.2) is 0 Å². The van der Waals surface area contributed by atoms with Crippen LogP contribution in [0.1, 0.15) is 85.0 Å². The molecule has 0 aromatic heterocycles. The highest BCUT2D eigenvalue weighted by Gasteiger charge is 2.26. The Kier molecular flexibility index (Phi) is 13.8. The van der Waals surface area contributed by atoms with Gasteiger partial charge in [-0.1, -0.05) is 33.1 Å². The van der Waals surface area contributed by atoms with Crippen molar-refractivity contribution in [1.29, 1.82) is 0 Å². The number of aliphatic hydroxyl groups excluding tert-OH is 1. The molecule has 172 valence electrons. The Morgan fingerprint density at radius 2 is 1.69 bits per heavy atom. The Labute approximate surface area is 196 Å². The predicted molar refractivity (Wildman–Crippen MR) is 135 cm³/mol. The van der Waals surface area contributed by atoms with Gasteiger partial charge in [0.1, 0.15) is 0 Å². The molecular weight excluding hydrogens is 475 g/mol. The van der Waals surface area contributed by atoms with E-state index in [1.807, 2.05) is 0 Å². The van der Waals surface area contributed by atoms with Gasteiger partial charge in [-0.15, -0.1) is 24.0 Å². The van der Waals surface area contributed by atoms with Crippen LogP contribution in [0.5, 0.6) is 0 Å². The molecule has 2 aliphatic rings. The second kappa shape index (κ2) is 14.8. The molecule has 0 atom stereocenters. The summed E-state index contributed by atoms with van der Waals surface area (Å²) in [4.78, 5) is 7.62. The van der Waals surface area contributed by atoms with Gasteiger partial charge in [-0.05, 0) is 63.2 Å². The van der Waals surface area contributed by atoms with Crippen molar-refractivity contribution < 1.29 is 5.11 Å². The summed E-state index contributed by atoms with van der Waals surface area (Å²) in [6.45, 7) is 12.2. The molecule has 2 fully saturated rings. The maximum atomic E-state index is 9.45. The van der Waals surface area contributed by atoms with Gasteiger partial charge >= 0.3 is 0 Å². The maximum Gasteiger partial charge on any atom is 0.191 e. The smallest absolute Gasteiger partial charge is 0.191 e. The van der Waals surface area contributed by atoms with Crippen LogP contribution in [0.25, 0.3) is 0 Å². The molecule has 1 saturated carbocycles. The van der Waals surface area contributed by atoms with Crippen LogP contribution in [-0.2, 0) is 0 Å². The van der Waals surface area contributed by atoms with Crippen LogP contribution in [0.4, 0.5) is 0 Å². The minimum absolute atomic E-state index is 0. The molecule has 1 aliphatic heterocycles. The summed E-state index contributed by atoms with van der Waals surface area (Å²) < 4.78 is 0. The first-order chi connectivity index (χ1) is 13.6. The molecule has 1 saturated heterocycles. The zero-order valence-corrected chi connectivity index (χ0v) is 21.5. The van der Waals surface area contributed by atoms with Crippen molar-refractivity contribution in [2.75, 3.05) is 39.3 Å². The average Bonchev–Trinajstić information content (AvgIpc) is 2.73. The van der Waals surface area contributed by atoms with Crippen LogP contribution < -0.4 is 10.6 Å². The highest BCUT2D eigenvalue weighted by molar-refractivity contribution is 14.0. The molecule has 3 N–H and O–H groups in total. The van der Waals surface area contributed by atoms with E-state index in [-0.39, 0.29) is 36.0 Å². The summed E-state index contributed by atoms with van der Waals surface area (Å²) in [5.74, 6) is 1.90. The summed E-state index contributed by atoms with van der Waals surface area (Å²) in [6.07, 6.45) is 12.6. The zero-order chi connectivity index (χ0) is 20.2. The fourth-order valence-corrected chi connectivity index (χ4v) is 4.90. The fraction of sp³-hybridized carbons (Fsp3) is 0.957. The highest BCUT2D eigenvalue weighted by Crippen LogP contribution is 2.30. The van der Waals surface area contributed by atoms with Gasteiger partial charge in [0, 0.05) is 45.4 Å². The lowest BCUT2D eigenvalue weighted by Gasteiger charge is -2.36. The maximum absolute atomic E-state index is 9.45. The third-order valence-electron chi connectivity index (χ3n) is 7.23. The SMILES string of the molecule is CCNC(=NCC(CC)(CC)CCO)NC1CCN(CC2CCCCC2)CC1.I. The molecular formula is C23H47IN4O. The molecule has 0 amide bonds. The molecule has 5 nitrogen and oxygen atoms in total. The van der Waals surface area contributed by atoms with Gasteiger partial charge in [-0.2, -0.15) is 0 Å². The molecule has 1 heterocycles. The van der Waals surface area contributed by atoms with E-state index >= 15 is 0 Å². The summed E-state index contributed by atoms with van der Waals surface area (Å²) in [5.41, 5.74) is 0.125. The first kappa shape index (κ1) is 27.0. The van der Waals surface area contributed by atoms with Crippen molar-refractivity contribution in [3.63, 3.8) is 0 Å². The number of aliphatic hydroxyl groups is 1. The van der Waals surface area contributed by atoms with Crippen molar-refractivity contribution in [3.05, 3.63) is 0 Å². The number of piperidine rings is 1. The van der Waals surface area contributed by atoms with E-state index in [2.05, 4.69) is 36.3 Å². The third kappa shape index (κ3) is 9.30. The van der Waals surface area contributed by atoms with Gasteiger partial charge in [0.25, 0.3) is 0 Å². The van der Waals surface area contributed by atoms with E-state index in [0.29, 0.717) is 6.04 Å². The van der Waals surface area contributed by atoms with Crippen LogP contribution in [0.2, 0.25) is 0 Å². The van der Waals surface area contributed by atoms with Crippen LogP contribution in [0, 0.1) is 11.3 Å². The molecule has 0 aromatic rings. The lowest BCUT2D eigenvalue weighted by atomic mass is 9.79. The predicted octanol–water partition coefficient (Wildman–Crippen LogP) is 4.39. The minimum Gasteiger partial charge on any atom is -0.396 e. The van der Waals surface area contributed by atoms with Gasteiger partial charge in [0.2, 0.25) is 0 Å². The fourth-order valence-electron chi connectivity index (χ4n) is 4.90. The largest absolute Gasteiger partial charge is 0.396 e. The van der Waals surface area contributed by atoms with Crippen LogP contribution in [-0.4, -0.2) is 61.3 Å². The van der Waals surface area contributed by atoms with E-state index in [1.165, 1.54) is 64.6 Å². The molecule has 0 unspecified atom stereocenters. The van der Waals surface area contributed by atoms with Crippen molar-refractivity contribution in [1.82, 2.24) is 15.5 Å².